The van der Waals surface area contributed by atoms with Gasteiger partial charge in [0.2, 0.25) is 0 Å². The van der Waals surface area contributed by atoms with Gasteiger partial charge in [-0.1, -0.05) is 56.6 Å². The zero-order valence-electron chi connectivity index (χ0n) is 21.5. The zero-order valence-corrected chi connectivity index (χ0v) is 23.1. The predicted molar refractivity (Wildman–Crippen MR) is 145 cm³/mol. The van der Waals surface area contributed by atoms with Crippen LogP contribution in [0.25, 0.3) is 11.1 Å². The highest BCUT2D eigenvalue weighted by Gasteiger charge is 2.37. The minimum atomic E-state index is -4.67. The number of nitrogens with one attached hydrogen (secondary N) is 1. The molecule has 204 valence electrons. The number of hydrogen-bond donors (Lipinski definition) is 1. The van der Waals surface area contributed by atoms with Crippen molar-refractivity contribution in [3.63, 3.8) is 0 Å². The van der Waals surface area contributed by atoms with E-state index in [1.807, 2.05) is 20.8 Å². The number of benzene rings is 2. The van der Waals surface area contributed by atoms with Gasteiger partial charge in [-0.25, -0.2) is 13.4 Å². The van der Waals surface area contributed by atoms with Crippen LogP contribution in [-0.2, 0) is 35.2 Å². The molecule has 0 fully saturated rings. The van der Waals surface area contributed by atoms with E-state index < -0.39 is 21.9 Å². The van der Waals surface area contributed by atoms with E-state index in [2.05, 4.69) is 15.4 Å². The van der Waals surface area contributed by atoms with Crippen molar-refractivity contribution in [2.75, 3.05) is 9.62 Å². The van der Waals surface area contributed by atoms with Crippen LogP contribution in [0.2, 0.25) is 5.02 Å². The average molecular weight is 576 g/mol. The number of fused-ring (bicyclic) bond motifs is 2. The van der Waals surface area contributed by atoms with E-state index in [1.165, 1.54) is 18.2 Å². The minimum absolute atomic E-state index is 0.0209. The van der Waals surface area contributed by atoms with Crippen molar-refractivity contribution in [1.29, 1.82) is 0 Å². The molecule has 0 saturated carbocycles. The summed E-state index contributed by atoms with van der Waals surface area (Å²) in [5.41, 5.74) is 1.39. The van der Waals surface area contributed by atoms with Crippen molar-refractivity contribution >= 4 is 38.8 Å². The van der Waals surface area contributed by atoms with Crippen LogP contribution in [0.1, 0.15) is 37.6 Å². The Bertz CT molecular complexity index is 1680. The van der Waals surface area contributed by atoms with Gasteiger partial charge < -0.3 is 5.32 Å². The van der Waals surface area contributed by atoms with Crippen LogP contribution in [0, 0.1) is 0 Å². The lowest BCUT2D eigenvalue weighted by atomic mass is 9.87. The van der Waals surface area contributed by atoms with Gasteiger partial charge in [0.25, 0.3) is 10.0 Å². The first-order valence-electron chi connectivity index (χ1n) is 12.0. The van der Waals surface area contributed by atoms with Gasteiger partial charge in [0.15, 0.2) is 0 Å². The van der Waals surface area contributed by atoms with Gasteiger partial charge in [-0.05, 0) is 35.2 Å². The van der Waals surface area contributed by atoms with Gasteiger partial charge in [-0.3, -0.25) is 8.99 Å². The van der Waals surface area contributed by atoms with E-state index in [9.17, 15) is 21.6 Å². The number of aromatic nitrogens is 3. The molecule has 7 nitrogen and oxygen atoms in total. The SMILES string of the molecule is Cn1cc(-c2ccc3c(c2Cl)N(S(=O)(=O)c2ccc(C(C)(C)C)cc2)Cc2ccc(C(F)(F)F)nc2N3)cn1. The van der Waals surface area contributed by atoms with Crippen LogP contribution in [-0.4, -0.2) is 23.2 Å². The molecule has 1 N–H and O–H groups in total. The number of halogens is 4. The summed E-state index contributed by atoms with van der Waals surface area (Å²) in [6.07, 6.45) is -1.35. The summed E-state index contributed by atoms with van der Waals surface area (Å²) in [7, 11) is -2.48. The van der Waals surface area contributed by atoms with E-state index in [4.69, 9.17) is 11.6 Å². The Labute approximate surface area is 229 Å². The highest BCUT2D eigenvalue weighted by Crippen LogP contribution is 2.47. The van der Waals surface area contributed by atoms with E-state index >= 15 is 0 Å². The van der Waals surface area contributed by atoms with Crippen LogP contribution in [0.3, 0.4) is 0 Å². The molecule has 4 aromatic rings. The first-order valence-corrected chi connectivity index (χ1v) is 13.8. The Morgan fingerprint density at radius 2 is 1.69 bits per heavy atom. The molecule has 0 saturated heterocycles. The molecule has 0 amide bonds. The summed E-state index contributed by atoms with van der Waals surface area (Å²) >= 11 is 6.88. The third kappa shape index (κ3) is 4.96. The lowest BCUT2D eigenvalue weighted by Crippen LogP contribution is -2.30. The molecule has 0 atom stereocenters. The number of aryl methyl sites for hydroxylation is 1. The number of sulfonamides is 1. The minimum Gasteiger partial charge on any atom is -0.338 e. The van der Waals surface area contributed by atoms with Crippen molar-refractivity contribution in [3.05, 3.63) is 82.8 Å². The largest absolute Gasteiger partial charge is 0.433 e. The molecule has 39 heavy (non-hydrogen) atoms. The third-order valence-corrected chi connectivity index (χ3v) is 8.67. The van der Waals surface area contributed by atoms with Crippen LogP contribution in [0.4, 0.5) is 30.4 Å². The summed E-state index contributed by atoms with van der Waals surface area (Å²) in [5.74, 6) is -0.1000. The fourth-order valence-corrected chi connectivity index (χ4v) is 6.29. The van der Waals surface area contributed by atoms with Crippen LogP contribution in [0.5, 0.6) is 0 Å². The van der Waals surface area contributed by atoms with Crippen LogP contribution < -0.4 is 9.62 Å². The summed E-state index contributed by atoms with van der Waals surface area (Å²) in [6.45, 7) is 5.77. The molecule has 0 spiro atoms. The first-order chi connectivity index (χ1) is 18.2. The second-order valence-electron chi connectivity index (χ2n) is 10.3. The highest BCUT2D eigenvalue weighted by molar-refractivity contribution is 7.92. The maximum absolute atomic E-state index is 14.1. The van der Waals surface area contributed by atoms with E-state index in [1.54, 1.807) is 48.4 Å². The Hall–Kier alpha value is -3.57. The quantitative estimate of drug-likeness (QED) is 0.287. The van der Waals surface area contributed by atoms with Gasteiger partial charge in [-0.2, -0.15) is 18.3 Å². The topological polar surface area (TPSA) is 80.1 Å². The fraction of sp³-hybridized carbons (Fsp3) is 0.259. The van der Waals surface area contributed by atoms with Crippen molar-refractivity contribution in [1.82, 2.24) is 14.8 Å². The molecule has 5 rings (SSSR count). The Morgan fingerprint density at radius 1 is 1.00 bits per heavy atom. The second kappa shape index (κ2) is 9.27. The third-order valence-electron chi connectivity index (χ3n) is 6.53. The van der Waals surface area contributed by atoms with Gasteiger partial charge in [-0.15, -0.1) is 0 Å². The predicted octanol–water partition coefficient (Wildman–Crippen LogP) is 6.90. The van der Waals surface area contributed by atoms with E-state index in [0.29, 0.717) is 11.1 Å². The van der Waals surface area contributed by atoms with Gasteiger partial charge >= 0.3 is 6.18 Å². The summed E-state index contributed by atoms with van der Waals surface area (Å²) in [4.78, 5) is 3.79. The number of rotatable bonds is 3. The lowest BCUT2D eigenvalue weighted by Gasteiger charge is -2.27. The molecular formula is C27H25ClF3N5O2S. The van der Waals surface area contributed by atoms with Crippen LogP contribution >= 0.6 is 11.6 Å². The lowest BCUT2D eigenvalue weighted by molar-refractivity contribution is -0.141. The number of alkyl halides is 3. The maximum Gasteiger partial charge on any atom is 0.433 e. The molecule has 2 aromatic carbocycles. The molecule has 3 heterocycles. The van der Waals surface area contributed by atoms with Crippen LogP contribution in [0.15, 0.2) is 65.8 Å². The monoisotopic (exact) mass is 575 g/mol. The van der Waals surface area contributed by atoms with E-state index in [-0.39, 0.29) is 44.6 Å². The zero-order chi connectivity index (χ0) is 28.3. The van der Waals surface area contributed by atoms with Gasteiger partial charge in [0.05, 0.1) is 34.0 Å². The van der Waals surface area contributed by atoms with Gasteiger partial charge in [0, 0.05) is 29.9 Å². The van der Waals surface area contributed by atoms with E-state index in [0.717, 1.165) is 15.9 Å². The van der Waals surface area contributed by atoms with Crippen molar-refractivity contribution in [3.8, 4) is 11.1 Å². The number of hydrogen-bond acceptors (Lipinski definition) is 5. The molecule has 0 aliphatic carbocycles. The van der Waals surface area contributed by atoms with Crippen molar-refractivity contribution in [2.24, 2.45) is 7.05 Å². The summed E-state index contributed by atoms with van der Waals surface area (Å²) in [6, 6.07) is 11.9. The van der Waals surface area contributed by atoms with Crippen molar-refractivity contribution in [2.45, 2.75) is 43.8 Å². The fourth-order valence-electron chi connectivity index (χ4n) is 4.39. The Morgan fingerprint density at radius 3 is 2.28 bits per heavy atom. The molecule has 0 unspecified atom stereocenters. The Balaban J connectivity index is 1.71. The molecule has 1 aliphatic rings. The smallest absolute Gasteiger partial charge is 0.338 e. The van der Waals surface area contributed by atoms with Crippen molar-refractivity contribution < 1.29 is 21.6 Å². The number of nitrogens with zero attached hydrogens (tertiary/aromatic N) is 4. The standard InChI is InChI=1S/C27H25ClF3N5O2S/c1-26(2,3)18-6-8-19(9-7-18)39(37,38)36-15-16-5-12-22(27(29,30)31)34-25(16)33-21-11-10-20(23(28)24(21)36)17-13-32-35(4)14-17/h5-14H,15H2,1-4H3,(H,33,34). The highest BCUT2D eigenvalue weighted by atomic mass is 35.5. The molecule has 0 bridgehead atoms. The number of anilines is 3. The molecule has 2 aromatic heterocycles. The second-order valence-corrected chi connectivity index (χ2v) is 12.6. The molecule has 12 heteroatoms. The first kappa shape index (κ1) is 27.0. The maximum atomic E-state index is 14.1. The average Bonchev–Trinajstić information content (AvgIpc) is 3.20. The normalized spacial score (nSPS) is 13.9. The molecule has 1 aliphatic heterocycles. The molecular weight excluding hydrogens is 551 g/mol. The van der Waals surface area contributed by atoms with Gasteiger partial charge in [0.1, 0.15) is 11.5 Å². The molecule has 0 radical (unpaired) electrons. The number of pyridine rings is 1. The summed E-state index contributed by atoms with van der Waals surface area (Å²) in [5, 5.41) is 7.17. The summed E-state index contributed by atoms with van der Waals surface area (Å²) < 4.78 is 71.3. The Kier molecular flexibility index (Phi) is 6.42.